The first-order chi connectivity index (χ1) is 6.42. The van der Waals surface area contributed by atoms with E-state index >= 15 is 0 Å². The molecule has 0 aliphatic heterocycles. The highest BCUT2D eigenvalue weighted by Gasteiger charge is 2.06. The van der Waals surface area contributed by atoms with Gasteiger partial charge in [0.2, 0.25) is 0 Å². The number of rotatable bonds is 4. The standard InChI is InChI=1S/C11H20O2Si/c1-11(12)13-9-7-5-6-8-10-14(2,3)4/h5-7,9H2,1-4H3. The fourth-order valence-corrected chi connectivity index (χ4v) is 1.51. The number of ether oxygens (including phenoxy) is 1. The average molecular weight is 212 g/mol. The highest BCUT2D eigenvalue weighted by atomic mass is 28.3. The van der Waals surface area contributed by atoms with Gasteiger partial charge in [-0.2, -0.15) is 0 Å². The Balaban J connectivity index is 3.37. The van der Waals surface area contributed by atoms with Gasteiger partial charge in [-0.25, -0.2) is 0 Å². The summed E-state index contributed by atoms with van der Waals surface area (Å²) in [5.74, 6) is 2.99. The van der Waals surface area contributed by atoms with Crippen molar-refractivity contribution in [3.63, 3.8) is 0 Å². The summed E-state index contributed by atoms with van der Waals surface area (Å²) in [7, 11) is -1.19. The number of hydrogen-bond acceptors (Lipinski definition) is 2. The minimum absolute atomic E-state index is 0.196. The van der Waals surface area contributed by atoms with Crippen molar-refractivity contribution in [1.82, 2.24) is 0 Å². The summed E-state index contributed by atoms with van der Waals surface area (Å²) in [5.41, 5.74) is 3.30. The highest BCUT2D eigenvalue weighted by molar-refractivity contribution is 6.83. The molecule has 0 spiro atoms. The largest absolute Gasteiger partial charge is 0.466 e. The molecule has 0 unspecified atom stereocenters. The van der Waals surface area contributed by atoms with Crippen LogP contribution in [-0.2, 0) is 9.53 Å². The van der Waals surface area contributed by atoms with Crippen molar-refractivity contribution in [2.24, 2.45) is 0 Å². The third-order valence-electron chi connectivity index (χ3n) is 1.46. The Kier molecular flexibility index (Phi) is 6.31. The zero-order valence-electron chi connectivity index (χ0n) is 9.64. The van der Waals surface area contributed by atoms with Crippen molar-refractivity contribution in [3.8, 4) is 11.5 Å². The van der Waals surface area contributed by atoms with Gasteiger partial charge in [-0.3, -0.25) is 4.79 Å². The molecule has 2 nitrogen and oxygen atoms in total. The number of esters is 1. The number of carbonyl (C=O) groups is 1. The first-order valence-electron chi connectivity index (χ1n) is 5.05. The zero-order valence-corrected chi connectivity index (χ0v) is 10.6. The van der Waals surface area contributed by atoms with Crippen LogP contribution >= 0.6 is 0 Å². The second kappa shape index (κ2) is 6.66. The molecular formula is C11H20O2Si. The van der Waals surface area contributed by atoms with Crippen molar-refractivity contribution in [2.45, 2.75) is 45.8 Å². The molecule has 0 aliphatic carbocycles. The summed E-state index contributed by atoms with van der Waals surface area (Å²) < 4.78 is 4.81. The van der Waals surface area contributed by atoms with E-state index in [1.165, 1.54) is 6.92 Å². The molecule has 0 radical (unpaired) electrons. The van der Waals surface area contributed by atoms with Crippen LogP contribution in [0.3, 0.4) is 0 Å². The molecule has 0 aromatic heterocycles. The van der Waals surface area contributed by atoms with Crippen LogP contribution in [0, 0.1) is 11.5 Å². The highest BCUT2D eigenvalue weighted by Crippen LogP contribution is 1.99. The molecule has 3 heteroatoms. The van der Waals surface area contributed by atoms with Crippen LogP contribution in [0.4, 0.5) is 0 Å². The molecule has 0 aromatic carbocycles. The lowest BCUT2D eigenvalue weighted by molar-refractivity contribution is -0.141. The molecule has 14 heavy (non-hydrogen) atoms. The first-order valence-corrected chi connectivity index (χ1v) is 8.55. The van der Waals surface area contributed by atoms with E-state index in [1.807, 2.05) is 0 Å². The Labute approximate surface area is 88.0 Å². The Hall–Kier alpha value is -0.753. The van der Waals surface area contributed by atoms with Crippen molar-refractivity contribution < 1.29 is 9.53 Å². The van der Waals surface area contributed by atoms with E-state index in [0.717, 1.165) is 19.3 Å². The van der Waals surface area contributed by atoms with Crippen LogP contribution in [-0.4, -0.2) is 20.7 Å². The summed E-state index contributed by atoms with van der Waals surface area (Å²) in [5, 5.41) is 0. The summed E-state index contributed by atoms with van der Waals surface area (Å²) in [6, 6.07) is 0. The van der Waals surface area contributed by atoms with E-state index in [4.69, 9.17) is 4.74 Å². The van der Waals surface area contributed by atoms with Crippen LogP contribution in [0.2, 0.25) is 19.6 Å². The van der Waals surface area contributed by atoms with Gasteiger partial charge in [0, 0.05) is 13.3 Å². The van der Waals surface area contributed by atoms with E-state index in [1.54, 1.807) is 0 Å². The lowest BCUT2D eigenvalue weighted by Crippen LogP contribution is -2.16. The van der Waals surface area contributed by atoms with E-state index < -0.39 is 8.07 Å². The maximum atomic E-state index is 10.4. The first kappa shape index (κ1) is 13.2. The van der Waals surface area contributed by atoms with Gasteiger partial charge in [-0.15, -0.1) is 11.5 Å². The molecule has 0 fully saturated rings. The molecule has 0 rings (SSSR count). The quantitative estimate of drug-likeness (QED) is 0.310. The molecule has 0 heterocycles. The molecular weight excluding hydrogens is 192 g/mol. The lowest BCUT2D eigenvalue weighted by Gasteiger charge is -2.03. The molecule has 80 valence electrons. The van der Waals surface area contributed by atoms with Gasteiger partial charge >= 0.3 is 5.97 Å². The fourth-order valence-electron chi connectivity index (χ4n) is 0.859. The molecule has 0 atom stereocenters. The van der Waals surface area contributed by atoms with E-state index in [-0.39, 0.29) is 5.97 Å². The van der Waals surface area contributed by atoms with Crippen LogP contribution < -0.4 is 0 Å². The Morgan fingerprint density at radius 3 is 2.43 bits per heavy atom. The van der Waals surface area contributed by atoms with Gasteiger partial charge in [-0.05, 0) is 12.8 Å². The summed E-state index contributed by atoms with van der Waals surface area (Å²) >= 11 is 0. The van der Waals surface area contributed by atoms with Gasteiger partial charge in [0.25, 0.3) is 0 Å². The Morgan fingerprint density at radius 1 is 1.29 bits per heavy atom. The third-order valence-corrected chi connectivity index (χ3v) is 2.39. The Morgan fingerprint density at radius 2 is 1.93 bits per heavy atom. The van der Waals surface area contributed by atoms with Crippen LogP contribution in [0.1, 0.15) is 26.2 Å². The van der Waals surface area contributed by atoms with Crippen LogP contribution in [0.25, 0.3) is 0 Å². The maximum absolute atomic E-state index is 10.4. The molecule has 0 bridgehead atoms. The summed E-state index contributed by atoms with van der Waals surface area (Å²) in [4.78, 5) is 10.4. The molecule has 0 saturated carbocycles. The molecule has 0 aliphatic rings. The van der Waals surface area contributed by atoms with Crippen LogP contribution in [0.15, 0.2) is 0 Å². The second-order valence-corrected chi connectivity index (χ2v) is 9.10. The smallest absolute Gasteiger partial charge is 0.302 e. The van der Waals surface area contributed by atoms with Crippen molar-refractivity contribution in [2.75, 3.05) is 6.61 Å². The molecule has 0 amide bonds. The van der Waals surface area contributed by atoms with Gasteiger partial charge in [0.15, 0.2) is 0 Å². The minimum atomic E-state index is -1.19. The number of unbranched alkanes of at least 4 members (excludes halogenated alkanes) is 2. The molecule has 0 N–H and O–H groups in total. The van der Waals surface area contributed by atoms with Gasteiger partial charge < -0.3 is 4.74 Å². The monoisotopic (exact) mass is 212 g/mol. The third kappa shape index (κ3) is 11.2. The van der Waals surface area contributed by atoms with Gasteiger partial charge in [-0.1, -0.05) is 19.6 Å². The van der Waals surface area contributed by atoms with E-state index in [2.05, 4.69) is 31.1 Å². The lowest BCUT2D eigenvalue weighted by atomic mass is 10.2. The predicted molar refractivity (Wildman–Crippen MR) is 61.6 cm³/mol. The van der Waals surface area contributed by atoms with E-state index in [0.29, 0.717) is 6.61 Å². The molecule has 0 aromatic rings. The number of hydrogen-bond donors (Lipinski definition) is 0. The SMILES string of the molecule is CC(=O)OCCCCC#C[Si](C)(C)C. The number of carbonyl (C=O) groups excluding carboxylic acids is 1. The van der Waals surface area contributed by atoms with Gasteiger partial charge in [0.05, 0.1) is 6.61 Å². The van der Waals surface area contributed by atoms with Crippen molar-refractivity contribution >= 4 is 14.0 Å². The second-order valence-electron chi connectivity index (χ2n) is 4.35. The van der Waals surface area contributed by atoms with Crippen LogP contribution in [0.5, 0.6) is 0 Å². The normalized spacial score (nSPS) is 10.3. The fraction of sp³-hybridized carbons (Fsp3) is 0.727. The van der Waals surface area contributed by atoms with E-state index in [9.17, 15) is 4.79 Å². The minimum Gasteiger partial charge on any atom is -0.466 e. The van der Waals surface area contributed by atoms with Gasteiger partial charge in [0.1, 0.15) is 8.07 Å². The Bertz CT molecular complexity index is 230. The zero-order chi connectivity index (χ0) is 11.0. The summed E-state index contributed by atoms with van der Waals surface area (Å²) in [6.45, 7) is 8.67. The van der Waals surface area contributed by atoms with Crippen molar-refractivity contribution in [3.05, 3.63) is 0 Å². The summed E-state index contributed by atoms with van der Waals surface area (Å²) in [6.07, 6.45) is 2.86. The predicted octanol–water partition coefficient (Wildman–Crippen LogP) is 2.60. The average Bonchev–Trinajstić information content (AvgIpc) is 2.00. The molecule has 0 saturated heterocycles. The maximum Gasteiger partial charge on any atom is 0.302 e. The van der Waals surface area contributed by atoms with Crippen molar-refractivity contribution in [1.29, 1.82) is 0 Å². The topological polar surface area (TPSA) is 26.3 Å².